The predicted octanol–water partition coefficient (Wildman–Crippen LogP) is 3.85. The van der Waals surface area contributed by atoms with E-state index in [1.165, 1.54) is 16.2 Å². The third-order valence-electron chi connectivity index (χ3n) is 5.41. The molecule has 12 heteroatoms. The highest BCUT2D eigenvalue weighted by Gasteiger charge is 2.47. The Balaban J connectivity index is 1.86. The zero-order chi connectivity index (χ0) is 28.3. The van der Waals surface area contributed by atoms with Crippen molar-refractivity contribution in [2.75, 3.05) is 18.4 Å². The Morgan fingerprint density at radius 1 is 1.08 bits per heavy atom. The molecule has 0 saturated carbocycles. The molecule has 4 amide bonds. The summed E-state index contributed by atoms with van der Waals surface area (Å²) in [7, 11) is 0. The van der Waals surface area contributed by atoms with Gasteiger partial charge in [-0.2, -0.15) is 0 Å². The topological polar surface area (TPSA) is 144 Å². The van der Waals surface area contributed by atoms with E-state index in [2.05, 4.69) is 10.3 Å². The van der Waals surface area contributed by atoms with Gasteiger partial charge in [0.1, 0.15) is 17.2 Å². The molecule has 3 N–H and O–H groups in total. The van der Waals surface area contributed by atoms with Crippen LogP contribution < -0.4 is 11.1 Å². The van der Waals surface area contributed by atoms with Crippen LogP contribution in [0.25, 0.3) is 11.3 Å². The molecule has 0 unspecified atom stereocenters. The molecule has 11 nitrogen and oxygen atoms in total. The van der Waals surface area contributed by atoms with Gasteiger partial charge in [-0.25, -0.2) is 19.5 Å². The van der Waals surface area contributed by atoms with Crippen molar-refractivity contribution in [2.24, 2.45) is 5.73 Å². The second-order valence-corrected chi connectivity index (χ2v) is 11.7. The number of thiazole rings is 1. The van der Waals surface area contributed by atoms with Crippen molar-refractivity contribution in [3.05, 3.63) is 35.7 Å². The fourth-order valence-corrected chi connectivity index (χ4v) is 4.62. The third kappa shape index (κ3) is 7.51. The van der Waals surface area contributed by atoms with Crippen molar-refractivity contribution >= 4 is 40.5 Å². The average Bonchev–Trinajstić information content (AvgIpc) is 3.45. The normalized spacial score (nSPS) is 17.6. The fraction of sp³-hybridized carbons (Fsp3) is 0.500. The molecule has 0 radical (unpaired) electrons. The molecule has 1 aromatic carbocycles. The molecule has 2 aromatic rings. The summed E-state index contributed by atoms with van der Waals surface area (Å²) in [5, 5.41) is 4.93. The Bertz CT molecular complexity index is 1170. The van der Waals surface area contributed by atoms with Crippen LogP contribution in [-0.2, 0) is 19.1 Å². The first-order valence-corrected chi connectivity index (χ1v) is 13.1. The zero-order valence-corrected chi connectivity index (χ0v) is 23.3. The molecule has 2 heterocycles. The minimum absolute atomic E-state index is 0.0209. The second-order valence-electron chi connectivity index (χ2n) is 10.9. The minimum atomic E-state index is -1.03. The van der Waals surface area contributed by atoms with Crippen molar-refractivity contribution < 1.29 is 28.7 Å². The van der Waals surface area contributed by atoms with Crippen LogP contribution >= 0.6 is 11.3 Å². The lowest BCUT2D eigenvalue weighted by Crippen LogP contribution is -2.50. The van der Waals surface area contributed by atoms with Gasteiger partial charge in [-0.15, -0.1) is 11.3 Å². The van der Waals surface area contributed by atoms with Gasteiger partial charge in [-0.1, -0.05) is 30.3 Å². The monoisotopic (exact) mass is 545 g/mol. The van der Waals surface area contributed by atoms with Crippen LogP contribution in [0, 0.1) is 0 Å². The number of nitrogens with two attached hydrogens (primary N) is 1. The van der Waals surface area contributed by atoms with E-state index >= 15 is 0 Å². The maximum Gasteiger partial charge on any atom is 0.417 e. The van der Waals surface area contributed by atoms with E-state index in [0.29, 0.717) is 10.8 Å². The van der Waals surface area contributed by atoms with E-state index in [1.54, 1.807) is 41.5 Å². The Kier molecular flexibility index (Phi) is 8.78. The molecule has 206 valence electrons. The predicted molar refractivity (Wildman–Crippen MR) is 143 cm³/mol. The number of nitrogens with one attached hydrogen (secondary N) is 1. The molecular weight excluding hydrogens is 510 g/mol. The van der Waals surface area contributed by atoms with E-state index in [0.717, 1.165) is 10.5 Å². The molecule has 0 bridgehead atoms. The van der Waals surface area contributed by atoms with Crippen molar-refractivity contribution in [3.8, 4) is 11.3 Å². The van der Waals surface area contributed by atoms with E-state index in [-0.39, 0.29) is 13.0 Å². The largest absolute Gasteiger partial charge is 0.444 e. The van der Waals surface area contributed by atoms with Gasteiger partial charge in [0.2, 0.25) is 11.8 Å². The highest BCUT2D eigenvalue weighted by Crippen LogP contribution is 2.29. The number of rotatable bonds is 5. The second kappa shape index (κ2) is 11.5. The highest BCUT2D eigenvalue weighted by molar-refractivity contribution is 7.14. The Morgan fingerprint density at radius 3 is 2.29 bits per heavy atom. The average molecular weight is 546 g/mol. The SMILES string of the molecule is CC(C)(C)OC(=O)N1C[C@H](N(C(=O)CN)C(=O)OC(C)(C)C)C[C@H]1C(=O)Nc1nc(-c2ccccc2)cs1. The Hall–Kier alpha value is -3.51. The first-order chi connectivity index (χ1) is 17.7. The smallest absolute Gasteiger partial charge is 0.417 e. The lowest BCUT2D eigenvalue weighted by atomic mass is 10.1. The highest BCUT2D eigenvalue weighted by atomic mass is 32.1. The molecule has 3 rings (SSSR count). The Morgan fingerprint density at radius 2 is 1.71 bits per heavy atom. The van der Waals surface area contributed by atoms with Gasteiger partial charge in [0, 0.05) is 17.5 Å². The van der Waals surface area contributed by atoms with Gasteiger partial charge in [-0.3, -0.25) is 14.5 Å². The molecule has 38 heavy (non-hydrogen) atoms. The first kappa shape index (κ1) is 29.1. The van der Waals surface area contributed by atoms with Crippen molar-refractivity contribution in [1.82, 2.24) is 14.8 Å². The van der Waals surface area contributed by atoms with Gasteiger partial charge >= 0.3 is 12.2 Å². The van der Waals surface area contributed by atoms with Crippen LogP contribution in [0.15, 0.2) is 35.7 Å². The molecular formula is C26H35N5O6S. The third-order valence-corrected chi connectivity index (χ3v) is 6.17. The van der Waals surface area contributed by atoms with Crippen LogP contribution in [0.1, 0.15) is 48.0 Å². The molecule has 0 aliphatic carbocycles. The number of carbonyl (C=O) groups excluding carboxylic acids is 4. The molecule has 1 saturated heterocycles. The minimum Gasteiger partial charge on any atom is -0.444 e. The van der Waals surface area contributed by atoms with Gasteiger partial charge in [0.25, 0.3) is 0 Å². The van der Waals surface area contributed by atoms with Crippen LogP contribution in [0.4, 0.5) is 14.7 Å². The van der Waals surface area contributed by atoms with Crippen molar-refractivity contribution in [2.45, 2.75) is 71.2 Å². The number of hydrogen-bond acceptors (Lipinski definition) is 9. The first-order valence-electron chi connectivity index (χ1n) is 12.2. The number of benzene rings is 1. The van der Waals surface area contributed by atoms with Gasteiger partial charge in [0.05, 0.1) is 18.3 Å². The number of carbonyl (C=O) groups is 4. The summed E-state index contributed by atoms with van der Waals surface area (Å²) < 4.78 is 10.9. The summed E-state index contributed by atoms with van der Waals surface area (Å²) >= 11 is 1.25. The van der Waals surface area contributed by atoms with Crippen LogP contribution in [0.3, 0.4) is 0 Å². The van der Waals surface area contributed by atoms with Crippen molar-refractivity contribution in [3.63, 3.8) is 0 Å². The number of nitrogens with zero attached hydrogens (tertiary/aromatic N) is 3. The lowest BCUT2D eigenvalue weighted by Gasteiger charge is -2.30. The summed E-state index contributed by atoms with van der Waals surface area (Å²) in [5.74, 6) is -1.20. The maximum atomic E-state index is 13.4. The fourth-order valence-electron chi connectivity index (χ4n) is 3.90. The van der Waals surface area contributed by atoms with Crippen LogP contribution in [0.5, 0.6) is 0 Å². The number of amides is 4. The van der Waals surface area contributed by atoms with E-state index in [1.807, 2.05) is 35.7 Å². The number of imide groups is 1. The van der Waals surface area contributed by atoms with Gasteiger partial charge in [-0.05, 0) is 48.0 Å². The van der Waals surface area contributed by atoms with Crippen molar-refractivity contribution in [1.29, 1.82) is 0 Å². The number of aromatic nitrogens is 1. The maximum absolute atomic E-state index is 13.4. The number of likely N-dealkylation sites (tertiary alicyclic amines) is 1. The van der Waals surface area contributed by atoms with Gasteiger partial charge < -0.3 is 20.5 Å². The summed E-state index contributed by atoms with van der Waals surface area (Å²) in [6, 6.07) is 7.62. The summed E-state index contributed by atoms with van der Waals surface area (Å²) in [6.45, 7) is 9.58. The lowest BCUT2D eigenvalue weighted by molar-refractivity contribution is -0.131. The van der Waals surface area contributed by atoms with Crippen LogP contribution in [0.2, 0.25) is 0 Å². The standard InChI is InChI=1S/C26H35N5O6S/c1-25(2,3)36-23(34)30-14-17(31(20(32)13-27)24(35)37-26(4,5)6)12-19(30)21(33)29-22-28-18(15-38-22)16-10-8-7-9-11-16/h7-11,15,17,19H,12-14,27H2,1-6H3,(H,28,29,33)/t17-,19+/m1/s1. The molecule has 1 aromatic heterocycles. The van der Waals surface area contributed by atoms with E-state index in [4.69, 9.17) is 15.2 Å². The molecule has 1 aliphatic heterocycles. The molecule has 1 aliphatic rings. The quantitative estimate of drug-likeness (QED) is 0.577. The summed E-state index contributed by atoms with van der Waals surface area (Å²) in [6.07, 6.45) is -1.66. The number of anilines is 1. The summed E-state index contributed by atoms with van der Waals surface area (Å²) in [5.41, 5.74) is 5.48. The summed E-state index contributed by atoms with van der Waals surface area (Å²) in [4.78, 5) is 58.7. The molecule has 1 fully saturated rings. The number of hydrogen-bond donors (Lipinski definition) is 2. The van der Waals surface area contributed by atoms with Gasteiger partial charge in [0.15, 0.2) is 5.13 Å². The van der Waals surface area contributed by atoms with Crippen LogP contribution in [-0.4, -0.2) is 75.2 Å². The zero-order valence-electron chi connectivity index (χ0n) is 22.5. The van der Waals surface area contributed by atoms with E-state index < -0.39 is 53.8 Å². The molecule has 2 atom stereocenters. The number of ether oxygens (including phenoxy) is 2. The molecule has 0 spiro atoms. The van der Waals surface area contributed by atoms with E-state index in [9.17, 15) is 19.2 Å². The Labute approximate surface area is 226 Å².